The van der Waals surface area contributed by atoms with Crippen molar-refractivity contribution in [3.63, 3.8) is 0 Å². The number of hydrogen-bond donors (Lipinski definition) is 1. The Kier molecular flexibility index (Phi) is 2.94. The van der Waals surface area contributed by atoms with E-state index < -0.39 is 6.04 Å². The summed E-state index contributed by atoms with van der Waals surface area (Å²) in [4.78, 5) is 8.24. The molecule has 5 heteroatoms. The maximum absolute atomic E-state index is 5.74. The molecule has 2 N–H and O–H groups in total. The summed E-state index contributed by atoms with van der Waals surface area (Å²) in [6.07, 6.45) is 7.18. The Morgan fingerprint density at radius 1 is 1.50 bits per heavy atom. The van der Waals surface area contributed by atoms with Crippen molar-refractivity contribution in [2.45, 2.75) is 12.5 Å². The lowest BCUT2D eigenvalue weighted by atomic mass is 10.2. The van der Waals surface area contributed by atoms with Gasteiger partial charge in [0, 0.05) is 12.6 Å². The van der Waals surface area contributed by atoms with Gasteiger partial charge in [0.25, 0.3) is 0 Å². The van der Waals surface area contributed by atoms with Crippen LogP contribution in [-0.4, -0.2) is 15.1 Å². The topological polar surface area (TPSA) is 77.8 Å². The highest BCUT2D eigenvalue weighted by molar-refractivity contribution is 5.47. The third-order valence-corrected chi connectivity index (χ3v) is 1.99. The van der Waals surface area contributed by atoms with Crippen LogP contribution in [0.3, 0.4) is 0 Å². The molecule has 0 bridgehead atoms. The van der Waals surface area contributed by atoms with E-state index in [4.69, 9.17) is 16.7 Å². The van der Waals surface area contributed by atoms with Gasteiger partial charge >= 0.3 is 0 Å². The van der Waals surface area contributed by atoms with Gasteiger partial charge in [-0.3, -0.25) is 4.98 Å². The minimum Gasteiger partial charge on any atom is -0.337 e. The summed E-state index contributed by atoms with van der Waals surface area (Å²) in [7, 11) is 0. The highest BCUT2D eigenvalue weighted by Crippen LogP contribution is 2.16. The third-order valence-electron chi connectivity index (χ3n) is 1.99. The zero-order valence-electron chi connectivity index (χ0n) is 8.50. The molecule has 16 heavy (non-hydrogen) atoms. The van der Waals surface area contributed by atoms with Crippen molar-refractivity contribution in [1.29, 1.82) is 0 Å². The van der Waals surface area contributed by atoms with E-state index in [1.54, 1.807) is 12.3 Å². The predicted octanol–water partition coefficient (Wildman–Crippen LogP) is 1.15. The first-order valence-corrected chi connectivity index (χ1v) is 4.75. The lowest BCUT2D eigenvalue weighted by molar-refractivity contribution is 0.356. The van der Waals surface area contributed by atoms with Crippen LogP contribution in [-0.2, 0) is 0 Å². The number of pyridine rings is 1. The molecule has 0 aliphatic heterocycles. The lowest BCUT2D eigenvalue weighted by Gasteiger charge is -1.98. The van der Waals surface area contributed by atoms with Gasteiger partial charge in [-0.25, -0.2) is 0 Å². The summed E-state index contributed by atoms with van der Waals surface area (Å²) in [6.45, 7) is 0. The SMILES string of the molecule is C#CCC(N)c1nc(-c2ccccn2)no1. The van der Waals surface area contributed by atoms with Crippen LogP contribution in [0.25, 0.3) is 11.5 Å². The number of nitrogens with zero attached hydrogens (tertiary/aromatic N) is 3. The molecule has 0 aliphatic rings. The van der Waals surface area contributed by atoms with Gasteiger partial charge in [-0.1, -0.05) is 11.2 Å². The molecule has 0 aliphatic carbocycles. The van der Waals surface area contributed by atoms with E-state index in [2.05, 4.69) is 21.0 Å². The zero-order chi connectivity index (χ0) is 11.4. The van der Waals surface area contributed by atoms with Crippen molar-refractivity contribution in [2.24, 2.45) is 5.73 Å². The number of hydrogen-bond acceptors (Lipinski definition) is 5. The molecular weight excluding hydrogens is 204 g/mol. The summed E-state index contributed by atoms with van der Waals surface area (Å²) in [5.41, 5.74) is 6.38. The third kappa shape index (κ3) is 2.07. The van der Waals surface area contributed by atoms with Crippen molar-refractivity contribution in [3.8, 4) is 23.9 Å². The first-order valence-electron chi connectivity index (χ1n) is 4.75. The van der Waals surface area contributed by atoms with Crippen LogP contribution in [0.4, 0.5) is 0 Å². The number of terminal acetylenes is 1. The Balaban J connectivity index is 2.24. The van der Waals surface area contributed by atoms with E-state index in [-0.39, 0.29) is 0 Å². The molecule has 1 unspecified atom stereocenters. The van der Waals surface area contributed by atoms with Crippen LogP contribution in [0.1, 0.15) is 18.4 Å². The van der Waals surface area contributed by atoms with Crippen molar-refractivity contribution < 1.29 is 4.52 Å². The Morgan fingerprint density at radius 2 is 2.38 bits per heavy atom. The van der Waals surface area contributed by atoms with Gasteiger partial charge in [0.2, 0.25) is 11.7 Å². The van der Waals surface area contributed by atoms with Crippen molar-refractivity contribution in [1.82, 2.24) is 15.1 Å². The van der Waals surface area contributed by atoms with Crippen molar-refractivity contribution in [2.75, 3.05) is 0 Å². The molecule has 2 heterocycles. The standard InChI is InChI=1S/C11H10N4O/c1-2-5-8(12)11-14-10(15-16-11)9-6-3-4-7-13-9/h1,3-4,6-8H,5,12H2. The van der Waals surface area contributed by atoms with Crippen LogP contribution in [0.5, 0.6) is 0 Å². The van der Waals surface area contributed by atoms with E-state index in [1.807, 2.05) is 12.1 Å². The van der Waals surface area contributed by atoms with Gasteiger partial charge in [-0.05, 0) is 12.1 Å². The van der Waals surface area contributed by atoms with E-state index in [9.17, 15) is 0 Å². The van der Waals surface area contributed by atoms with E-state index in [0.29, 0.717) is 23.8 Å². The molecule has 0 saturated heterocycles. The van der Waals surface area contributed by atoms with E-state index in [1.165, 1.54) is 0 Å². The van der Waals surface area contributed by atoms with Crippen molar-refractivity contribution in [3.05, 3.63) is 30.3 Å². The Morgan fingerprint density at radius 3 is 3.06 bits per heavy atom. The number of aromatic nitrogens is 3. The highest BCUT2D eigenvalue weighted by atomic mass is 16.5. The normalized spacial score (nSPS) is 12.0. The molecular formula is C11H10N4O. The molecule has 0 saturated carbocycles. The molecule has 2 rings (SSSR count). The summed E-state index contributed by atoms with van der Waals surface area (Å²) in [5, 5.41) is 3.79. The Bertz CT molecular complexity index is 500. The van der Waals surface area contributed by atoms with E-state index >= 15 is 0 Å². The largest absolute Gasteiger partial charge is 0.337 e. The molecule has 0 amide bonds. The van der Waals surface area contributed by atoms with E-state index in [0.717, 1.165) is 0 Å². The van der Waals surface area contributed by atoms with Gasteiger partial charge in [0.05, 0.1) is 6.04 Å². The fraction of sp³-hybridized carbons (Fsp3) is 0.182. The lowest BCUT2D eigenvalue weighted by Crippen LogP contribution is -2.09. The first kappa shape index (κ1) is 10.3. The monoisotopic (exact) mass is 214 g/mol. The van der Waals surface area contributed by atoms with Crippen molar-refractivity contribution >= 4 is 0 Å². The van der Waals surface area contributed by atoms with Crippen LogP contribution >= 0.6 is 0 Å². The van der Waals surface area contributed by atoms with Gasteiger partial charge in [-0.2, -0.15) is 4.98 Å². The van der Waals surface area contributed by atoms with Gasteiger partial charge in [-0.15, -0.1) is 12.3 Å². The van der Waals surface area contributed by atoms with Crippen LogP contribution in [0.15, 0.2) is 28.9 Å². The minimum absolute atomic E-state index is 0.332. The number of nitrogens with two attached hydrogens (primary N) is 1. The molecule has 2 aromatic rings. The second kappa shape index (κ2) is 4.55. The minimum atomic E-state index is -0.421. The molecule has 80 valence electrons. The Labute approximate surface area is 92.7 Å². The maximum atomic E-state index is 5.74. The van der Waals surface area contributed by atoms with Crippen LogP contribution in [0.2, 0.25) is 0 Å². The maximum Gasteiger partial charge on any atom is 0.244 e. The molecule has 5 nitrogen and oxygen atoms in total. The summed E-state index contributed by atoms with van der Waals surface area (Å²) in [6, 6.07) is 5.03. The predicted molar refractivity (Wildman–Crippen MR) is 57.9 cm³/mol. The quantitative estimate of drug-likeness (QED) is 0.775. The second-order valence-corrected chi connectivity index (χ2v) is 3.19. The summed E-state index contributed by atoms with van der Waals surface area (Å²) < 4.78 is 5.01. The van der Waals surface area contributed by atoms with Gasteiger partial charge in [0.15, 0.2) is 0 Å². The molecule has 1 atom stereocenters. The van der Waals surface area contributed by atoms with Crippen LogP contribution in [0, 0.1) is 12.3 Å². The average molecular weight is 214 g/mol. The molecule has 0 spiro atoms. The fourth-order valence-corrected chi connectivity index (χ4v) is 1.20. The summed E-state index contributed by atoms with van der Waals surface area (Å²) in [5.74, 6) is 3.20. The van der Waals surface area contributed by atoms with Gasteiger partial charge in [0.1, 0.15) is 5.69 Å². The molecule has 0 fully saturated rings. The molecule has 0 radical (unpaired) electrons. The smallest absolute Gasteiger partial charge is 0.244 e. The van der Waals surface area contributed by atoms with Crippen LogP contribution < -0.4 is 5.73 Å². The fourth-order valence-electron chi connectivity index (χ4n) is 1.20. The molecule has 0 aromatic carbocycles. The van der Waals surface area contributed by atoms with Gasteiger partial charge < -0.3 is 10.3 Å². The second-order valence-electron chi connectivity index (χ2n) is 3.19. The average Bonchev–Trinajstić information content (AvgIpc) is 2.80. The first-order chi connectivity index (χ1) is 7.81. The molecule has 2 aromatic heterocycles. The number of rotatable bonds is 3. The summed E-state index contributed by atoms with van der Waals surface area (Å²) >= 11 is 0. The highest BCUT2D eigenvalue weighted by Gasteiger charge is 2.14. The Hall–Kier alpha value is -2.19. The zero-order valence-corrected chi connectivity index (χ0v) is 8.50.